The van der Waals surface area contributed by atoms with Gasteiger partial charge >= 0.3 is 0 Å². The van der Waals surface area contributed by atoms with Crippen LogP contribution in [0.2, 0.25) is 0 Å². The third-order valence-corrected chi connectivity index (χ3v) is 4.15. The predicted octanol–water partition coefficient (Wildman–Crippen LogP) is 2.50. The lowest BCUT2D eigenvalue weighted by Crippen LogP contribution is -1.92. The maximum Gasteiger partial charge on any atom is 0.156 e. The van der Waals surface area contributed by atoms with Gasteiger partial charge in [0.1, 0.15) is 0 Å². The van der Waals surface area contributed by atoms with Crippen molar-refractivity contribution >= 4 is 27.7 Å². The molecule has 1 aliphatic rings. The summed E-state index contributed by atoms with van der Waals surface area (Å²) in [5.74, 6) is 2.02. The average Bonchev–Trinajstić information content (AvgIpc) is 2.71. The number of halogens is 1. The Hall–Kier alpha value is -0.000000000000000111. The normalized spacial score (nSPS) is 22.5. The zero-order chi connectivity index (χ0) is 9.26. The zero-order valence-electron chi connectivity index (χ0n) is 6.99. The van der Waals surface area contributed by atoms with Crippen molar-refractivity contribution in [3.05, 3.63) is 15.9 Å². The Kier molecular flexibility index (Phi) is 2.96. The first kappa shape index (κ1) is 9.55. The summed E-state index contributed by atoms with van der Waals surface area (Å²) in [4.78, 5) is 0. The summed E-state index contributed by atoms with van der Waals surface area (Å²) >= 11 is 5.12. The molecule has 1 atom stereocenters. The highest BCUT2D eigenvalue weighted by Crippen LogP contribution is 2.42. The van der Waals surface area contributed by atoms with Crippen LogP contribution in [0.25, 0.3) is 0 Å². The minimum absolute atomic E-state index is 0.00350. The van der Waals surface area contributed by atoms with Crippen LogP contribution in [0.1, 0.15) is 29.4 Å². The molecule has 0 aliphatic carbocycles. The van der Waals surface area contributed by atoms with E-state index in [4.69, 9.17) is 9.63 Å². The van der Waals surface area contributed by atoms with Crippen LogP contribution in [-0.4, -0.2) is 16.0 Å². The Morgan fingerprint density at radius 1 is 1.69 bits per heavy atom. The van der Waals surface area contributed by atoms with E-state index in [9.17, 15) is 0 Å². The molecule has 0 radical (unpaired) electrons. The second-order valence-electron chi connectivity index (χ2n) is 2.98. The van der Waals surface area contributed by atoms with E-state index in [1.165, 1.54) is 12.2 Å². The third kappa shape index (κ3) is 1.78. The molecule has 5 heteroatoms. The smallest absolute Gasteiger partial charge is 0.156 e. The first-order valence-corrected chi connectivity index (χ1v) is 6.03. The van der Waals surface area contributed by atoms with E-state index in [1.54, 1.807) is 0 Å². The fourth-order valence-corrected chi connectivity index (χ4v) is 3.16. The summed E-state index contributed by atoms with van der Waals surface area (Å²) in [6.45, 7) is -0.00350. The minimum Gasteiger partial charge on any atom is -0.391 e. The van der Waals surface area contributed by atoms with E-state index >= 15 is 0 Å². The van der Waals surface area contributed by atoms with Crippen molar-refractivity contribution < 1.29 is 9.63 Å². The van der Waals surface area contributed by atoms with Gasteiger partial charge in [-0.3, -0.25) is 0 Å². The maximum atomic E-state index is 9.11. The number of aliphatic hydroxyl groups excluding tert-OH is 1. The summed E-state index contributed by atoms with van der Waals surface area (Å²) in [5.41, 5.74) is 0.805. The molecule has 1 N–H and O–H groups in total. The van der Waals surface area contributed by atoms with Crippen molar-refractivity contribution in [2.24, 2.45) is 0 Å². The molecule has 0 spiro atoms. The molecule has 72 valence electrons. The molecule has 2 rings (SSSR count). The molecule has 1 unspecified atom stereocenters. The van der Waals surface area contributed by atoms with Gasteiger partial charge in [0, 0.05) is 0 Å². The van der Waals surface area contributed by atoms with E-state index < -0.39 is 0 Å². The molecule has 3 nitrogen and oxygen atoms in total. The maximum absolute atomic E-state index is 9.11. The van der Waals surface area contributed by atoms with Crippen LogP contribution < -0.4 is 0 Å². The summed E-state index contributed by atoms with van der Waals surface area (Å²) in [6, 6.07) is 0. The number of aliphatic hydroxyl groups is 1. The average molecular weight is 264 g/mol. The van der Waals surface area contributed by atoms with Gasteiger partial charge in [0.05, 0.1) is 17.4 Å². The van der Waals surface area contributed by atoms with Crippen LogP contribution >= 0.6 is 27.7 Å². The Labute approximate surface area is 89.0 Å². The van der Waals surface area contributed by atoms with Crippen LogP contribution in [0.15, 0.2) is 9.13 Å². The summed E-state index contributed by atoms with van der Waals surface area (Å²) in [7, 11) is 0. The van der Waals surface area contributed by atoms with Gasteiger partial charge < -0.3 is 9.63 Å². The topological polar surface area (TPSA) is 46.3 Å². The lowest BCUT2D eigenvalue weighted by atomic mass is 10.1. The van der Waals surface area contributed by atoms with Gasteiger partial charge in [0.25, 0.3) is 0 Å². The second kappa shape index (κ2) is 4.02. The zero-order valence-corrected chi connectivity index (χ0v) is 9.40. The standard InChI is InChI=1S/C8H10BrNO2S/c9-8-5(4-11)7(12-10-8)6-2-1-3-13-6/h6,11H,1-4H2. The summed E-state index contributed by atoms with van der Waals surface area (Å²) in [6.07, 6.45) is 2.35. The number of hydrogen-bond donors (Lipinski definition) is 1. The molecule has 1 fully saturated rings. The molecule has 0 saturated carbocycles. The second-order valence-corrected chi connectivity index (χ2v) is 5.04. The van der Waals surface area contributed by atoms with Crippen molar-refractivity contribution in [2.75, 3.05) is 5.75 Å². The Morgan fingerprint density at radius 3 is 3.15 bits per heavy atom. The first-order chi connectivity index (χ1) is 6.33. The number of thioether (sulfide) groups is 1. The van der Waals surface area contributed by atoms with Gasteiger partial charge in [-0.1, -0.05) is 5.16 Å². The third-order valence-electron chi connectivity index (χ3n) is 2.15. The molecular formula is C8H10BrNO2S. The van der Waals surface area contributed by atoms with Crippen LogP contribution in [-0.2, 0) is 6.61 Å². The van der Waals surface area contributed by atoms with Crippen molar-refractivity contribution in [1.29, 1.82) is 0 Å². The molecule has 1 saturated heterocycles. The van der Waals surface area contributed by atoms with Crippen molar-refractivity contribution in [2.45, 2.75) is 24.7 Å². The molecule has 1 aromatic rings. The lowest BCUT2D eigenvalue weighted by molar-refractivity contribution is 0.276. The molecule has 1 aromatic heterocycles. The number of hydrogen-bond acceptors (Lipinski definition) is 4. The molecule has 0 amide bonds. The molecule has 0 aromatic carbocycles. The van der Waals surface area contributed by atoms with Crippen LogP contribution in [0.4, 0.5) is 0 Å². The van der Waals surface area contributed by atoms with Crippen LogP contribution in [0, 0.1) is 0 Å². The molecule has 1 aliphatic heterocycles. The van der Waals surface area contributed by atoms with Gasteiger partial charge in [-0.05, 0) is 34.5 Å². The fourth-order valence-electron chi connectivity index (χ4n) is 1.48. The van der Waals surface area contributed by atoms with E-state index in [1.807, 2.05) is 11.8 Å². The van der Waals surface area contributed by atoms with E-state index in [0.29, 0.717) is 9.85 Å². The van der Waals surface area contributed by atoms with Gasteiger partial charge in [-0.15, -0.1) is 0 Å². The highest BCUT2D eigenvalue weighted by Gasteiger charge is 2.26. The van der Waals surface area contributed by atoms with E-state index in [2.05, 4.69) is 21.1 Å². The van der Waals surface area contributed by atoms with Crippen LogP contribution in [0.3, 0.4) is 0 Å². The predicted molar refractivity (Wildman–Crippen MR) is 54.6 cm³/mol. The number of rotatable bonds is 2. The fraction of sp³-hybridized carbons (Fsp3) is 0.625. The van der Waals surface area contributed by atoms with Crippen LogP contribution in [0.5, 0.6) is 0 Å². The van der Waals surface area contributed by atoms with Crippen molar-refractivity contribution in [3.63, 3.8) is 0 Å². The highest BCUT2D eigenvalue weighted by atomic mass is 79.9. The monoisotopic (exact) mass is 263 g/mol. The summed E-state index contributed by atoms with van der Waals surface area (Å²) in [5, 5.41) is 13.3. The number of aromatic nitrogens is 1. The summed E-state index contributed by atoms with van der Waals surface area (Å²) < 4.78 is 5.83. The Balaban J connectivity index is 2.27. The van der Waals surface area contributed by atoms with Crippen molar-refractivity contribution in [1.82, 2.24) is 5.16 Å². The largest absolute Gasteiger partial charge is 0.391 e. The molecule has 2 heterocycles. The SMILES string of the molecule is OCc1c(Br)noc1C1CCCS1. The highest BCUT2D eigenvalue weighted by molar-refractivity contribution is 9.10. The van der Waals surface area contributed by atoms with E-state index in [0.717, 1.165) is 17.7 Å². The lowest BCUT2D eigenvalue weighted by Gasteiger charge is -2.04. The quantitative estimate of drug-likeness (QED) is 0.891. The Bertz CT molecular complexity index is 296. The molecule has 0 bridgehead atoms. The van der Waals surface area contributed by atoms with Crippen molar-refractivity contribution in [3.8, 4) is 0 Å². The van der Waals surface area contributed by atoms with Gasteiger partial charge in [-0.25, -0.2) is 0 Å². The minimum atomic E-state index is -0.00350. The Morgan fingerprint density at radius 2 is 2.54 bits per heavy atom. The van der Waals surface area contributed by atoms with E-state index in [-0.39, 0.29) is 6.61 Å². The number of nitrogens with zero attached hydrogens (tertiary/aromatic N) is 1. The van der Waals surface area contributed by atoms with Gasteiger partial charge in [0.15, 0.2) is 10.4 Å². The van der Waals surface area contributed by atoms with Gasteiger partial charge in [0.2, 0.25) is 0 Å². The first-order valence-electron chi connectivity index (χ1n) is 4.19. The van der Waals surface area contributed by atoms with Gasteiger partial charge in [-0.2, -0.15) is 11.8 Å². The molecule has 13 heavy (non-hydrogen) atoms. The molecular weight excluding hydrogens is 254 g/mol.